The number of fused-ring (bicyclic) bond motifs is 2. The first-order valence-corrected chi connectivity index (χ1v) is 16.1. The second-order valence-electron chi connectivity index (χ2n) is 12.2. The number of nitrogens with one attached hydrogen (secondary N) is 1. The average Bonchev–Trinajstić information content (AvgIpc) is 3.54. The van der Waals surface area contributed by atoms with Crippen molar-refractivity contribution >= 4 is 28.4 Å². The van der Waals surface area contributed by atoms with Crippen molar-refractivity contribution in [2.75, 3.05) is 49.6 Å². The van der Waals surface area contributed by atoms with E-state index >= 15 is 0 Å². The third kappa shape index (κ3) is 6.11. The Morgan fingerprint density at radius 3 is 2.76 bits per heavy atom. The van der Waals surface area contributed by atoms with Crippen LogP contribution in [0.2, 0.25) is 0 Å². The van der Waals surface area contributed by atoms with E-state index in [0.29, 0.717) is 53.8 Å². The Bertz CT molecular complexity index is 1720. The van der Waals surface area contributed by atoms with Crippen LogP contribution in [0.15, 0.2) is 60.0 Å². The molecule has 1 aromatic carbocycles. The smallest absolute Gasteiger partial charge is 0.278 e. The van der Waals surface area contributed by atoms with E-state index in [-0.39, 0.29) is 18.8 Å². The monoisotopic (exact) mass is 614 g/mol. The highest BCUT2D eigenvalue weighted by atomic mass is 19.1. The summed E-state index contributed by atoms with van der Waals surface area (Å²) in [6, 6.07) is 12.0. The quantitative estimate of drug-likeness (QED) is 0.216. The van der Waals surface area contributed by atoms with Crippen LogP contribution in [0.5, 0.6) is 0 Å². The number of allylic oxidation sites excluding steroid dienone is 1. The minimum Gasteiger partial charge on any atom is -0.384 e. The number of pyridine rings is 1. The standard InChI is InChI=1S/C34H43FN8O2/c1-4-18-42-32(44)28-21-36-33(39-31(28)43(42)29-14-9-25-15-16-34(45,5-2)30(25)38-29)37-26-10-12-27(13-11-26)41(6-3)23-24-8-7-19-40(22-24)20-17-35/h4,9-14,21,24,45H,1,5-8,15-20,22-23H2,2-3H3,(H,36,37,39)/t24?,34-/m1/s1. The van der Waals surface area contributed by atoms with E-state index in [9.17, 15) is 14.3 Å². The number of halogens is 1. The summed E-state index contributed by atoms with van der Waals surface area (Å²) in [5, 5.41) is 14.9. The van der Waals surface area contributed by atoms with Crippen molar-refractivity contribution < 1.29 is 9.50 Å². The minimum atomic E-state index is -0.981. The number of nitrogens with zero attached hydrogens (tertiary/aromatic N) is 7. The number of aryl methyl sites for hydroxylation is 1. The molecule has 11 heteroatoms. The highest BCUT2D eigenvalue weighted by Crippen LogP contribution is 2.38. The average molecular weight is 615 g/mol. The van der Waals surface area contributed by atoms with Gasteiger partial charge in [-0.05, 0) is 87.4 Å². The first kappa shape index (κ1) is 30.9. The summed E-state index contributed by atoms with van der Waals surface area (Å²) in [6.07, 6.45) is 7.45. The van der Waals surface area contributed by atoms with E-state index < -0.39 is 5.60 Å². The van der Waals surface area contributed by atoms with Gasteiger partial charge in [-0.25, -0.2) is 23.7 Å². The van der Waals surface area contributed by atoms with Crippen LogP contribution in [0.3, 0.4) is 0 Å². The number of aliphatic hydroxyl groups is 1. The highest BCUT2D eigenvalue weighted by molar-refractivity contribution is 5.77. The molecule has 0 saturated carbocycles. The van der Waals surface area contributed by atoms with E-state index in [4.69, 9.17) is 9.97 Å². The second-order valence-corrected chi connectivity index (χ2v) is 12.2. The van der Waals surface area contributed by atoms with Crippen LogP contribution in [0.1, 0.15) is 50.8 Å². The first-order valence-electron chi connectivity index (χ1n) is 16.1. The zero-order valence-corrected chi connectivity index (χ0v) is 26.3. The van der Waals surface area contributed by atoms with Crippen molar-refractivity contribution in [1.82, 2.24) is 29.2 Å². The molecule has 238 valence electrons. The molecule has 45 heavy (non-hydrogen) atoms. The molecule has 6 rings (SSSR count). The van der Waals surface area contributed by atoms with Gasteiger partial charge in [-0.3, -0.25) is 4.79 Å². The van der Waals surface area contributed by atoms with Gasteiger partial charge in [0.25, 0.3) is 5.56 Å². The molecule has 1 aliphatic carbocycles. The maximum absolute atomic E-state index is 13.4. The van der Waals surface area contributed by atoms with Crippen molar-refractivity contribution in [2.45, 2.75) is 58.1 Å². The maximum Gasteiger partial charge on any atom is 0.278 e. The molecule has 2 N–H and O–H groups in total. The van der Waals surface area contributed by atoms with Gasteiger partial charge in [0.15, 0.2) is 11.5 Å². The number of aromatic nitrogens is 5. The van der Waals surface area contributed by atoms with Crippen LogP contribution in [-0.2, 0) is 18.6 Å². The van der Waals surface area contributed by atoms with Crippen molar-refractivity contribution in [1.29, 1.82) is 0 Å². The van der Waals surface area contributed by atoms with Gasteiger partial charge in [0.05, 0.1) is 12.2 Å². The van der Waals surface area contributed by atoms with Crippen LogP contribution in [0.4, 0.5) is 21.7 Å². The van der Waals surface area contributed by atoms with E-state index in [1.54, 1.807) is 21.6 Å². The summed E-state index contributed by atoms with van der Waals surface area (Å²) in [5.74, 6) is 1.38. The van der Waals surface area contributed by atoms with Gasteiger partial charge >= 0.3 is 0 Å². The molecule has 1 aliphatic heterocycles. The molecule has 0 spiro atoms. The zero-order valence-electron chi connectivity index (χ0n) is 26.3. The Morgan fingerprint density at radius 2 is 2.02 bits per heavy atom. The van der Waals surface area contributed by atoms with Gasteiger partial charge in [0.1, 0.15) is 17.7 Å². The fourth-order valence-corrected chi connectivity index (χ4v) is 6.85. The van der Waals surface area contributed by atoms with Gasteiger partial charge < -0.3 is 20.2 Å². The largest absolute Gasteiger partial charge is 0.384 e. The number of alkyl halides is 1. The molecule has 0 radical (unpaired) electrons. The number of likely N-dealkylation sites (tertiary alicyclic amines) is 1. The van der Waals surface area contributed by atoms with Crippen LogP contribution >= 0.6 is 0 Å². The number of piperidine rings is 1. The molecule has 2 atom stereocenters. The zero-order chi connectivity index (χ0) is 31.6. The lowest BCUT2D eigenvalue weighted by Crippen LogP contribution is -2.41. The predicted molar refractivity (Wildman–Crippen MR) is 176 cm³/mol. The van der Waals surface area contributed by atoms with Gasteiger partial charge in [-0.2, -0.15) is 4.98 Å². The van der Waals surface area contributed by atoms with Gasteiger partial charge in [0.2, 0.25) is 5.95 Å². The Hall–Kier alpha value is -4.09. The molecule has 1 unspecified atom stereocenters. The molecule has 2 aliphatic rings. The fourth-order valence-electron chi connectivity index (χ4n) is 6.85. The molecule has 0 amide bonds. The van der Waals surface area contributed by atoms with Crippen LogP contribution in [0, 0.1) is 5.92 Å². The Kier molecular flexibility index (Phi) is 9.00. The fraction of sp³-hybridized carbons (Fsp3) is 0.471. The second kappa shape index (κ2) is 13.1. The molecule has 4 aromatic rings. The number of benzene rings is 1. The van der Waals surface area contributed by atoms with Crippen molar-refractivity contribution in [3.05, 3.63) is 76.9 Å². The third-order valence-corrected chi connectivity index (χ3v) is 9.35. The Morgan fingerprint density at radius 1 is 1.20 bits per heavy atom. The van der Waals surface area contributed by atoms with Crippen LogP contribution in [0.25, 0.3) is 16.9 Å². The number of hydrogen-bond donors (Lipinski definition) is 2. The number of hydrogen-bond acceptors (Lipinski definition) is 8. The lowest BCUT2D eigenvalue weighted by molar-refractivity contribution is 0.0306. The van der Waals surface area contributed by atoms with E-state index in [1.807, 2.05) is 31.2 Å². The predicted octanol–water partition coefficient (Wildman–Crippen LogP) is 4.96. The molecule has 1 saturated heterocycles. The van der Waals surface area contributed by atoms with Crippen molar-refractivity contribution in [2.24, 2.45) is 5.92 Å². The molecular weight excluding hydrogens is 571 g/mol. The van der Waals surface area contributed by atoms with E-state index in [1.165, 1.54) is 6.42 Å². The Balaban J connectivity index is 1.26. The molecule has 0 bridgehead atoms. The normalized spacial score (nSPS) is 20.0. The topological polar surface area (TPSA) is 104 Å². The van der Waals surface area contributed by atoms with Gasteiger partial charge in [0, 0.05) is 43.8 Å². The van der Waals surface area contributed by atoms with Crippen molar-refractivity contribution in [3.8, 4) is 5.82 Å². The van der Waals surface area contributed by atoms with Crippen molar-refractivity contribution in [3.63, 3.8) is 0 Å². The molecule has 4 heterocycles. The summed E-state index contributed by atoms with van der Waals surface area (Å²) in [7, 11) is 0. The SMILES string of the molecule is C=CCn1c(=O)c2cnc(Nc3ccc(N(CC)CC4CCCN(CCF)C4)cc3)nc2n1-c1ccc2c(n1)[C@@](O)(CC)CC2. The van der Waals surface area contributed by atoms with E-state index in [0.717, 1.165) is 56.0 Å². The molecule has 10 nitrogen and oxygen atoms in total. The molecule has 1 fully saturated rings. The van der Waals surface area contributed by atoms with Gasteiger partial charge in [-0.1, -0.05) is 19.1 Å². The summed E-state index contributed by atoms with van der Waals surface area (Å²) < 4.78 is 16.1. The summed E-state index contributed by atoms with van der Waals surface area (Å²) >= 11 is 0. The number of anilines is 3. The van der Waals surface area contributed by atoms with Crippen LogP contribution in [-0.4, -0.2) is 73.7 Å². The Labute approximate surface area is 263 Å². The van der Waals surface area contributed by atoms with Crippen LogP contribution < -0.4 is 15.8 Å². The summed E-state index contributed by atoms with van der Waals surface area (Å²) in [5.41, 5.74) is 2.85. The lowest BCUT2D eigenvalue weighted by atomic mass is 9.97. The first-order chi connectivity index (χ1) is 21.9. The maximum atomic E-state index is 13.4. The summed E-state index contributed by atoms with van der Waals surface area (Å²) in [4.78, 5) is 32.1. The van der Waals surface area contributed by atoms with E-state index in [2.05, 4.69) is 45.7 Å². The molecule has 3 aromatic heterocycles. The van der Waals surface area contributed by atoms with Gasteiger partial charge in [-0.15, -0.1) is 6.58 Å². The lowest BCUT2D eigenvalue weighted by Gasteiger charge is -2.35. The highest BCUT2D eigenvalue weighted by Gasteiger charge is 2.37. The molecular formula is C34H43FN8O2. The summed E-state index contributed by atoms with van der Waals surface area (Å²) in [6.45, 7) is 12.2. The minimum absolute atomic E-state index is 0.237. The third-order valence-electron chi connectivity index (χ3n) is 9.35. The number of rotatable bonds is 12.